The number of hydrogen-bond donors (Lipinski definition) is 1. The largest absolute Gasteiger partial charge is 0.492 e. The van der Waals surface area contributed by atoms with Crippen LogP contribution < -0.4 is 10.5 Å². The molecule has 2 aromatic carbocycles. The van der Waals surface area contributed by atoms with Crippen molar-refractivity contribution in [2.24, 2.45) is 5.73 Å². The van der Waals surface area contributed by atoms with Gasteiger partial charge in [0.25, 0.3) is 0 Å². The number of nitrogens with zero attached hydrogens (tertiary/aromatic N) is 1. The van der Waals surface area contributed by atoms with Crippen LogP contribution in [0.5, 0.6) is 5.75 Å². The summed E-state index contributed by atoms with van der Waals surface area (Å²) < 4.78 is 5.93. The van der Waals surface area contributed by atoms with Crippen LogP contribution in [0.3, 0.4) is 0 Å². The van der Waals surface area contributed by atoms with E-state index in [1.54, 1.807) is 24.3 Å². The molecule has 0 saturated carbocycles. The first kappa shape index (κ1) is 19.3. The Bertz CT molecular complexity index is 934. The Hall–Kier alpha value is -2.01. The Balaban J connectivity index is 1.43. The van der Waals surface area contributed by atoms with Gasteiger partial charge in [0.2, 0.25) is 5.91 Å². The first-order chi connectivity index (χ1) is 13.5. The molecular weight excluding hydrogens is 395 g/mol. The maximum Gasteiger partial charge on any atom is 0.246 e. The second kappa shape index (κ2) is 7.78. The van der Waals surface area contributed by atoms with Gasteiger partial charge >= 0.3 is 0 Å². The number of likely N-dealkylation sites (tertiary alicyclic amines) is 1. The van der Waals surface area contributed by atoms with Crippen LogP contribution >= 0.6 is 23.2 Å². The number of carbonyl (C=O) groups excluding carboxylic acids is 1. The summed E-state index contributed by atoms with van der Waals surface area (Å²) in [6.45, 7) is 2.62. The van der Waals surface area contributed by atoms with Crippen LogP contribution in [0.25, 0.3) is 6.08 Å². The van der Waals surface area contributed by atoms with Crippen molar-refractivity contribution in [3.63, 3.8) is 0 Å². The number of nitrogens with two attached hydrogens (primary N) is 1. The van der Waals surface area contributed by atoms with E-state index in [-0.39, 0.29) is 11.3 Å². The topological polar surface area (TPSA) is 55.6 Å². The number of benzene rings is 2. The van der Waals surface area contributed by atoms with Crippen molar-refractivity contribution in [1.82, 2.24) is 4.90 Å². The van der Waals surface area contributed by atoms with E-state index < -0.39 is 0 Å². The number of hydrogen-bond acceptors (Lipinski definition) is 3. The van der Waals surface area contributed by atoms with Gasteiger partial charge in [0.1, 0.15) is 5.75 Å². The van der Waals surface area contributed by atoms with Gasteiger partial charge < -0.3 is 15.4 Å². The Morgan fingerprint density at radius 2 is 1.93 bits per heavy atom. The smallest absolute Gasteiger partial charge is 0.246 e. The minimum absolute atomic E-state index is 0.00921. The van der Waals surface area contributed by atoms with Gasteiger partial charge in [-0.1, -0.05) is 41.4 Å². The summed E-state index contributed by atoms with van der Waals surface area (Å²) in [5, 5.41) is 0.983. The molecule has 1 spiro atoms. The molecule has 1 fully saturated rings. The van der Waals surface area contributed by atoms with E-state index in [9.17, 15) is 4.79 Å². The highest BCUT2D eigenvalue weighted by Gasteiger charge is 2.43. The molecule has 2 aliphatic heterocycles. The molecule has 2 aromatic rings. The molecule has 1 saturated heterocycles. The number of carbonyl (C=O) groups is 1. The third-order valence-corrected chi connectivity index (χ3v) is 6.49. The van der Waals surface area contributed by atoms with Crippen LogP contribution in [0.2, 0.25) is 10.0 Å². The van der Waals surface area contributed by atoms with Crippen molar-refractivity contribution in [1.29, 1.82) is 0 Å². The first-order valence-corrected chi connectivity index (χ1v) is 10.1. The van der Waals surface area contributed by atoms with Crippen LogP contribution in [0.15, 0.2) is 42.5 Å². The molecule has 0 aliphatic carbocycles. The molecule has 0 bridgehead atoms. The van der Waals surface area contributed by atoms with Crippen molar-refractivity contribution in [3.8, 4) is 5.75 Å². The summed E-state index contributed by atoms with van der Waals surface area (Å²) >= 11 is 12.0. The molecule has 0 radical (unpaired) electrons. The van der Waals surface area contributed by atoms with Crippen molar-refractivity contribution in [2.75, 3.05) is 19.7 Å². The number of piperidine rings is 1. The van der Waals surface area contributed by atoms with Crippen molar-refractivity contribution in [2.45, 2.75) is 24.8 Å². The Morgan fingerprint density at radius 3 is 2.64 bits per heavy atom. The van der Waals surface area contributed by atoms with Gasteiger partial charge in [0.15, 0.2) is 0 Å². The highest BCUT2D eigenvalue weighted by Crippen LogP contribution is 2.45. The fraction of sp³-hybridized carbons (Fsp3) is 0.318. The predicted octanol–water partition coefficient (Wildman–Crippen LogP) is 4.42. The molecule has 0 aromatic heterocycles. The zero-order chi connectivity index (χ0) is 19.7. The molecule has 0 unspecified atom stereocenters. The molecule has 0 atom stereocenters. The molecule has 4 rings (SSSR count). The minimum atomic E-state index is -0.00921. The van der Waals surface area contributed by atoms with Crippen molar-refractivity contribution < 1.29 is 9.53 Å². The van der Waals surface area contributed by atoms with Crippen LogP contribution in [0, 0.1) is 0 Å². The maximum absolute atomic E-state index is 12.6. The SMILES string of the molecule is NCc1ccc2c(c1)C1(CCN(C(=O)/C=C/c3ccc(Cl)c(Cl)c3)CC1)CO2. The quantitative estimate of drug-likeness (QED) is 0.753. The molecule has 146 valence electrons. The summed E-state index contributed by atoms with van der Waals surface area (Å²) in [6.07, 6.45) is 5.15. The number of ether oxygens (including phenoxy) is 1. The van der Waals surface area contributed by atoms with Gasteiger partial charge in [-0.15, -0.1) is 0 Å². The Labute approximate surface area is 174 Å². The first-order valence-electron chi connectivity index (χ1n) is 9.39. The maximum atomic E-state index is 12.6. The standard InChI is InChI=1S/C22H22Cl2N2O2/c23-18-4-1-15(12-19(18)24)3-6-21(27)26-9-7-22(8-10-26)14-28-20-5-2-16(13-25)11-17(20)22/h1-6,11-12H,7-10,13-14,25H2/b6-3+. The van der Waals surface area contributed by atoms with E-state index in [4.69, 9.17) is 33.7 Å². The second-order valence-electron chi connectivity index (χ2n) is 7.44. The zero-order valence-corrected chi connectivity index (χ0v) is 17.0. The van der Waals surface area contributed by atoms with E-state index in [1.165, 1.54) is 5.56 Å². The summed E-state index contributed by atoms with van der Waals surface area (Å²) in [7, 11) is 0. The fourth-order valence-electron chi connectivity index (χ4n) is 4.00. The molecule has 28 heavy (non-hydrogen) atoms. The van der Waals surface area contributed by atoms with E-state index >= 15 is 0 Å². The molecule has 2 aliphatic rings. The number of fused-ring (bicyclic) bond motifs is 2. The van der Waals surface area contributed by atoms with E-state index in [2.05, 4.69) is 6.07 Å². The lowest BCUT2D eigenvalue weighted by Gasteiger charge is -2.38. The molecule has 2 N–H and O–H groups in total. The lowest BCUT2D eigenvalue weighted by Crippen LogP contribution is -2.45. The normalized spacial score (nSPS) is 17.8. The summed E-state index contributed by atoms with van der Waals surface area (Å²) in [6, 6.07) is 11.5. The molecule has 2 heterocycles. The number of halogens is 2. The van der Waals surface area contributed by atoms with Gasteiger partial charge in [-0.2, -0.15) is 0 Å². The second-order valence-corrected chi connectivity index (χ2v) is 8.25. The van der Waals surface area contributed by atoms with Crippen LogP contribution in [0.1, 0.15) is 29.5 Å². The van der Waals surface area contributed by atoms with Crippen LogP contribution in [-0.2, 0) is 16.8 Å². The predicted molar refractivity (Wildman–Crippen MR) is 113 cm³/mol. The minimum Gasteiger partial charge on any atom is -0.492 e. The average Bonchev–Trinajstić information content (AvgIpc) is 3.06. The summed E-state index contributed by atoms with van der Waals surface area (Å²) in [5.41, 5.74) is 9.01. The Kier molecular flexibility index (Phi) is 5.37. The highest BCUT2D eigenvalue weighted by atomic mass is 35.5. The Morgan fingerprint density at radius 1 is 1.14 bits per heavy atom. The summed E-state index contributed by atoms with van der Waals surface area (Å²) in [4.78, 5) is 14.5. The van der Waals surface area contributed by atoms with Crippen LogP contribution in [-0.4, -0.2) is 30.5 Å². The lowest BCUT2D eigenvalue weighted by molar-refractivity contribution is -0.127. The van der Waals surface area contributed by atoms with E-state index in [1.807, 2.05) is 23.1 Å². The fourth-order valence-corrected chi connectivity index (χ4v) is 4.30. The van der Waals surface area contributed by atoms with Crippen molar-refractivity contribution >= 4 is 35.2 Å². The van der Waals surface area contributed by atoms with Gasteiger partial charge in [-0.05, 0) is 48.2 Å². The van der Waals surface area contributed by atoms with Gasteiger partial charge in [0.05, 0.1) is 16.7 Å². The van der Waals surface area contributed by atoms with Gasteiger partial charge in [-0.3, -0.25) is 4.79 Å². The monoisotopic (exact) mass is 416 g/mol. The van der Waals surface area contributed by atoms with Crippen molar-refractivity contribution in [3.05, 3.63) is 69.2 Å². The van der Waals surface area contributed by atoms with Crippen LogP contribution in [0.4, 0.5) is 0 Å². The molecule has 1 amide bonds. The molecule has 4 nitrogen and oxygen atoms in total. The number of rotatable bonds is 3. The highest BCUT2D eigenvalue weighted by molar-refractivity contribution is 6.42. The third-order valence-electron chi connectivity index (χ3n) is 5.75. The number of amides is 1. The summed E-state index contributed by atoms with van der Waals surface area (Å²) in [5.74, 6) is 0.965. The average molecular weight is 417 g/mol. The molecular formula is C22H22Cl2N2O2. The van der Waals surface area contributed by atoms with E-state index in [0.717, 1.165) is 29.7 Å². The van der Waals surface area contributed by atoms with Gasteiger partial charge in [0, 0.05) is 36.7 Å². The zero-order valence-electron chi connectivity index (χ0n) is 15.5. The molecule has 6 heteroatoms. The van der Waals surface area contributed by atoms with Gasteiger partial charge in [-0.25, -0.2) is 0 Å². The lowest BCUT2D eigenvalue weighted by atomic mass is 9.74. The third kappa shape index (κ3) is 3.64. The van der Waals surface area contributed by atoms with E-state index in [0.29, 0.717) is 36.3 Å².